The molecule has 6 nitrogen and oxygen atoms in total. The Hall–Kier alpha value is -3.38. The summed E-state index contributed by atoms with van der Waals surface area (Å²) in [6.45, 7) is 0.570. The van der Waals surface area contributed by atoms with E-state index < -0.39 is 0 Å². The lowest BCUT2D eigenvalue weighted by molar-refractivity contribution is -0.120. The minimum absolute atomic E-state index is 0.124. The summed E-state index contributed by atoms with van der Waals surface area (Å²) >= 11 is 5.87. The highest BCUT2D eigenvalue weighted by Crippen LogP contribution is 2.15. The number of rotatable bonds is 8. The third-order valence-corrected chi connectivity index (χ3v) is 4.23. The van der Waals surface area contributed by atoms with Gasteiger partial charge in [-0.05, 0) is 48.0 Å². The monoisotopic (exact) mass is 409 g/mol. The molecule has 7 heteroatoms. The highest BCUT2D eigenvalue weighted by Gasteiger charge is 2.08. The van der Waals surface area contributed by atoms with Crippen LogP contribution < -0.4 is 15.4 Å². The number of hydrogen-bond donors (Lipinski definition) is 2. The Morgan fingerprint density at radius 3 is 2.62 bits per heavy atom. The predicted molar refractivity (Wildman–Crippen MR) is 111 cm³/mol. The molecule has 0 aliphatic rings. The first-order valence-electron chi connectivity index (χ1n) is 9.02. The second kappa shape index (κ2) is 10.2. The van der Waals surface area contributed by atoms with E-state index in [1.165, 1.54) is 0 Å². The smallest absolute Gasteiger partial charge is 0.251 e. The molecule has 0 spiro atoms. The van der Waals surface area contributed by atoms with E-state index in [1.54, 1.807) is 30.5 Å². The SMILES string of the molecule is O=C(CNC(=O)c1cccc(Cl)c1)NCc1cccc(OCc2ccccn2)c1. The highest BCUT2D eigenvalue weighted by atomic mass is 35.5. The quantitative estimate of drug-likeness (QED) is 0.597. The average Bonchev–Trinajstić information content (AvgIpc) is 2.75. The zero-order valence-corrected chi connectivity index (χ0v) is 16.4. The summed E-state index contributed by atoms with van der Waals surface area (Å²) in [6, 6.07) is 19.6. The van der Waals surface area contributed by atoms with Crippen LogP contribution in [0.4, 0.5) is 0 Å². The van der Waals surface area contributed by atoms with E-state index in [-0.39, 0.29) is 18.4 Å². The van der Waals surface area contributed by atoms with Gasteiger partial charge in [0.05, 0.1) is 12.2 Å². The number of aromatic nitrogens is 1. The van der Waals surface area contributed by atoms with Crippen molar-refractivity contribution >= 4 is 23.4 Å². The van der Waals surface area contributed by atoms with Crippen LogP contribution in [-0.2, 0) is 17.9 Å². The Kier molecular flexibility index (Phi) is 7.19. The minimum Gasteiger partial charge on any atom is -0.487 e. The van der Waals surface area contributed by atoms with Gasteiger partial charge >= 0.3 is 0 Å². The first-order chi connectivity index (χ1) is 14.1. The summed E-state index contributed by atoms with van der Waals surface area (Å²) in [6.07, 6.45) is 1.72. The van der Waals surface area contributed by atoms with Crippen molar-refractivity contribution in [1.82, 2.24) is 15.6 Å². The maximum absolute atomic E-state index is 12.0. The van der Waals surface area contributed by atoms with Crippen molar-refractivity contribution in [3.05, 3.63) is 94.8 Å². The van der Waals surface area contributed by atoms with Crippen molar-refractivity contribution in [2.75, 3.05) is 6.54 Å². The molecule has 0 atom stereocenters. The van der Waals surface area contributed by atoms with Crippen LogP contribution in [0, 0.1) is 0 Å². The molecule has 0 aliphatic heterocycles. The predicted octanol–water partition coefficient (Wildman–Crippen LogP) is 3.36. The molecule has 0 saturated carbocycles. The molecule has 2 aromatic carbocycles. The molecule has 1 aromatic heterocycles. The van der Waals surface area contributed by atoms with Crippen LogP contribution in [0.25, 0.3) is 0 Å². The fourth-order valence-corrected chi connectivity index (χ4v) is 2.73. The van der Waals surface area contributed by atoms with Gasteiger partial charge in [0.15, 0.2) is 0 Å². The van der Waals surface area contributed by atoms with Gasteiger partial charge in [-0.2, -0.15) is 0 Å². The van der Waals surface area contributed by atoms with Crippen molar-refractivity contribution in [3.63, 3.8) is 0 Å². The summed E-state index contributed by atoms with van der Waals surface area (Å²) in [4.78, 5) is 28.3. The van der Waals surface area contributed by atoms with E-state index in [0.717, 1.165) is 11.3 Å². The number of pyridine rings is 1. The summed E-state index contributed by atoms with van der Waals surface area (Å²) in [5, 5.41) is 5.81. The highest BCUT2D eigenvalue weighted by molar-refractivity contribution is 6.30. The van der Waals surface area contributed by atoms with E-state index in [9.17, 15) is 9.59 Å². The first kappa shape index (κ1) is 20.4. The summed E-state index contributed by atoms with van der Waals surface area (Å²) in [7, 11) is 0. The number of carbonyl (C=O) groups is 2. The Morgan fingerprint density at radius 1 is 0.966 bits per heavy atom. The molecule has 0 saturated heterocycles. The largest absolute Gasteiger partial charge is 0.487 e. The molecule has 1 heterocycles. The summed E-state index contributed by atoms with van der Waals surface area (Å²) in [5.41, 5.74) is 2.13. The van der Waals surface area contributed by atoms with Crippen LogP contribution in [0.1, 0.15) is 21.6 Å². The second-order valence-corrected chi connectivity index (χ2v) is 6.66. The number of amides is 2. The Labute approximate surface area is 173 Å². The normalized spacial score (nSPS) is 10.2. The van der Waals surface area contributed by atoms with Crippen LogP contribution in [0.15, 0.2) is 72.9 Å². The molecule has 0 bridgehead atoms. The lowest BCUT2D eigenvalue weighted by Crippen LogP contribution is -2.36. The topological polar surface area (TPSA) is 80.3 Å². The van der Waals surface area contributed by atoms with Crippen LogP contribution in [0.5, 0.6) is 5.75 Å². The fourth-order valence-electron chi connectivity index (χ4n) is 2.54. The number of nitrogens with zero attached hydrogens (tertiary/aromatic N) is 1. The van der Waals surface area contributed by atoms with Gasteiger partial charge in [0, 0.05) is 23.3 Å². The fraction of sp³-hybridized carbons (Fsp3) is 0.136. The van der Waals surface area contributed by atoms with Gasteiger partial charge in [-0.15, -0.1) is 0 Å². The van der Waals surface area contributed by atoms with Crippen LogP contribution in [0.3, 0.4) is 0 Å². The number of ether oxygens (including phenoxy) is 1. The molecular formula is C22H20ClN3O3. The zero-order chi connectivity index (χ0) is 20.5. The van der Waals surface area contributed by atoms with Crippen molar-refractivity contribution in [2.24, 2.45) is 0 Å². The molecule has 0 unspecified atom stereocenters. The molecule has 2 N–H and O–H groups in total. The van der Waals surface area contributed by atoms with E-state index in [1.807, 2.05) is 42.5 Å². The molecule has 3 aromatic rings. The maximum atomic E-state index is 12.0. The van der Waals surface area contributed by atoms with Crippen molar-refractivity contribution in [2.45, 2.75) is 13.2 Å². The molecule has 148 valence electrons. The second-order valence-electron chi connectivity index (χ2n) is 6.23. The number of carbonyl (C=O) groups excluding carboxylic acids is 2. The molecule has 0 fully saturated rings. The van der Waals surface area contributed by atoms with Crippen LogP contribution in [-0.4, -0.2) is 23.3 Å². The third-order valence-electron chi connectivity index (χ3n) is 4.00. The van der Waals surface area contributed by atoms with Gasteiger partial charge in [-0.25, -0.2) is 0 Å². The Balaban J connectivity index is 1.44. The molecule has 3 rings (SSSR count). The molecule has 0 aliphatic carbocycles. The van der Waals surface area contributed by atoms with E-state index >= 15 is 0 Å². The number of benzene rings is 2. The van der Waals surface area contributed by atoms with Gasteiger partial charge in [0.25, 0.3) is 5.91 Å². The number of halogens is 1. The third kappa shape index (κ3) is 6.62. The van der Waals surface area contributed by atoms with Crippen LogP contribution in [0.2, 0.25) is 5.02 Å². The Bertz CT molecular complexity index is 980. The molecule has 2 amide bonds. The summed E-state index contributed by atoms with van der Waals surface area (Å²) < 4.78 is 5.73. The van der Waals surface area contributed by atoms with Crippen LogP contribution >= 0.6 is 11.6 Å². The lowest BCUT2D eigenvalue weighted by atomic mass is 10.2. The number of hydrogen-bond acceptors (Lipinski definition) is 4. The summed E-state index contributed by atoms with van der Waals surface area (Å²) in [5.74, 6) is 0.0458. The van der Waals surface area contributed by atoms with E-state index in [0.29, 0.717) is 29.5 Å². The minimum atomic E-state index is -0.354. The van der Waals surface area contributed by atoms with Crippen molar-refractivity contribution in [3.8, 4) is 5.75 Å². The molecule has 0 radical (unpaired) electrons. The van der Waals surface area contributed by atoms with Gasteiger partial charge < -0.3 is 15.4 Å². The zero-order valence-electron chi connectivity index (χ0n) is 15.6. The van der Waals surface area contributed by atoms with Gasteiger partial charge in [-0.1, -0.05) is 35.9 Å². The molecular weight excluding hydrogens is 390 g/mol. The van der Waals surface area contributed by atoms with Gasteiger partial charge in [-0.3, -0.25) is 14.6 Å². The standard InChI is InChI=1S/C22H20ClN3O3/c23-18-7-4-6-17(12-18)22(28)26-14-21(27)25-13-16-5-3-9-20(11-16)29-15-19-8-1-2-10-24-19/h1-12H,13-15H2,(H,25,27)(H,26,28). The van der Waals surface area contributed by atoms with Crippen molar-refractivity contribution < 1.29 is 14.3 Å². The first-order valence-corrected chi connectivity index (χ1v) is 9.40. The Morgan fingerprint density at radius 2 is 1.83 bits per heavy atom. The van der Waals surface area contributed by atoms with Crippen molar-refractivity contribution in [1.29, 1.82) is 0 Å². The lowest BCUT2D eigenvalue weighted by Gasteiger charge is -2.10. The van der Waals surface area contributed by atoms with E-state index in [4.69, 9.17) is 16.3 Å². The average molecular weight is 410 g/mol. The van der Waals surface area contributed by atoms with Gasteiger partial charge in [0.1, 0.15) is 12.4 Å². The van der Waals surface area contributed by atoms with Gasteiger partial charge in [0.2, 0.25) is 5.91 Å². The van der Waals surface area contributed by atoms with E-state index in [2.05, 4.69) is 15.6 Å². The number of nitrogens with one attached hydrogen (secondary N) is 2. The molecule has 29 heavy (non-hydrogen) atoms. The maximum Gasteiger partial charge on any atom is 0.251 e.